The average molecular weight is 327 g/mol. The van der Waals surface area contributed by atoms with Gasteiger partial charge in [0, 0.05) is 18.0 Å². The summed E-state index contributed by atoms with van der Waals surface area (Å²) >= 11 is 6.28. The van der Waals surface area contributed by atoms with Crippen LogP contribution in [0.25, 0.3) is 22.0 Å². The zero-order valence-electron chi connectivity index (χ0n) is 12.4. The van der Waals surface area contributed by atoms with Crippen LogP contribution in [0.5, 0.6) is 0 Å². The molecule has 0 saturated heterocycles. The van der Waals surface area contributed by atoms with Crippen molar-refractivity contribution < 1.29 is 9.53 Å². The fraction of sp³-hybridized carbons (Fsp3) is 0.125. The van der Waals surface area contributed by atoms with Crippen LogP contribution < -0.4 is 0 Å². The highest BCUT2D eigenvalue weighted by Gasteiger charge is 2.18. The SMILES string of the molecule is COC(=O)c1cc(-c2cnn(C)c2Cl)c2cccc(C#N)c2n1. The second-order valence-corrected chi connectivity index (χ2v) is 5.19. The highest BCUT2D eigenvalue weighted by molar-refractivity contribution is 6.32. The van der Waals surface area contributed by atoms with Crippen LogP contribution in [0.3, 0.4) is 0 Å². The number of ether oxygens (including phenoxy) is 1. The van der Waals surface area contributed by atoms with E-state index in [4.69, 9.17) is 16.3 Å². The Hall–Kier alpha value is -2.91. The van der Waals surface area contributed by atoms with E-state index in [1.807, 2.05) is 6.07 Å². The Morgan fingerprint density at radius 2 is 2.17 bits per heavy atom. The van der Waals surface area contributed by atoms with Crippen LogP contribution in [0, 0.1) is 11.3 Å². The number of nitriles is 1. The quantitative estimate of drug-likeness (QED) is 0.676. The lowest BCUT2D eigenvalue weighted by molar-refractivity contribution is 0.0594. The van der Waals surface area contributed by atoms with Crippen molar-refractivity contribution in [2.45, 2.75) is 0 Å². The molecule has 23 heavy (non-hydrogen) atoms. The van der Waals surface area contributed by atoms with Crippen molar-refractivity contribution >= 4 is 28.5 Å². The van der Waals surface area contributed by atoms with E-state index in [0.717, 1.165) is 0 Å². The van der Waals surface area contributed by atoms with Gasteiger partial charge in [0.25, 0.3) is 0 Å². The summed E-state index contributed by atoms with van der Waals surface area (Å²) < 4.78 is 6.27. The molecule has 1 aromatic carbocycles. The van der Waals surface area contributed by atoms with Crippen LogP contribution in [0.15, 0.2) is 30.5 Å². The third kappa shape index (κ3) is 2.41. The number of benzene rings is 1. The Labute approximate surface area is 136 Å². The van der Waals surface area contributed by atoms with Crippen molar-refractivity contribution in [3.05, 3.63) is 46.9 Å². The lowest BCUT2D eigenvalue weighted by atomic mass is 10.0. The molecule has 3 rings (SSSR count). The number of carbonyl (C=O) groups excluding carboxylic acids is 1. The zero-order valence-corrected chi connectivity index (χ0v) is 13.1. The van der Waals surface area contributed by atoms with Crippen molar-refractivity contribution in [3.8, 4) is 17.2 Å². The normalized spacial score (nSPS) is 10.5. The molecule has 6 nitrogen and oxygen atoms in total. The van der Waals surface area contributed by atoms with Gasteiger partial charge in [0.1, 0.15) is 16.9 Å². The number of fused-ring (bicyclic) bond motifs is 1. The van der Waals surface area contributed by atoms with E-state index in [0.29, 0.717) is 32.7 Å². The number of carbonyl (C=O) groups is 1. The van der Waals surface area contributed by atoms with E-state index in [9.17, 15) is 10.1 Å². The van der Waals surface area contributed by atoms with Crippen molar-refractivity contribution in [2.75, 3.05) is 7.11 Å². The molecule has 2 heterocycles. The molecule has 0 fully saturated rings. The highest BCUT2D eigenvalue weighted by atomic mass is 35.5. The van der Waals surface area contributed by atoms with Crippen molar-refractivity contribution in [3.63, 3.8) is 0 Å². The van der Waals surface area contributed by atoms with Crippen LogP contribution in [-0.2, 0) is 11.8 Å². The Morgan fingerprint density at radius 3 is 2.78 bits per heavy atom. The molecule has 0 aliphatic carbocycles. The molecule has 0 bridgehead atoms. The molecular formula is C16H11ClN4O2. The molecule has 0 aliphatic rings. The average Bonchev–Trinajstić information content (AvgIpc) is 2.91. The van der Waals surface area contributed by atoms with Crippen molar-refractivity contribution in [1.29, 1.82) is 5.26 Å². The minimum Gasteiger partial charge on any atom is -0.464 e. The fourth-order valence-corrected chi connectivity index (χ4v) is 2.57. The third-order valence-electron chi connectivity index (χ3n) is 3.51. The predicted molar refractivity (Wildman–Crippen MR) is 85.0 cm³/mol. The molecule has 0 amide bonds. The van der Waals surface area contributed by atoms with Crippen LogP contribution in [0.2, 0.25) is 5.15 Å². The van der Waals surface area contributed by atoms with E-state index in [2.05, 4.69) is 16.2 Å². The Bertz CT molecular complexity index is 972. The van der Waals surface area contributed by atoms with Gasteiger partial charge in [-0.05, 0) is 17.7 Å². The molecule has 0 spiro atoms. The molecule has 0 aliphatic heterocycles. The van der Waals surface area contributed by atoms with E-state index >= 15 is 0 Å². The summed E-state index contributed by atoms with van der Waals surface area (Å²) in [5.74, 6) is -0.582. The standard InChI is InChI=1S/C16H11ClN4O2/c1-21-15(17)12(8-19-21)11-6-13(16(22)23-2)20-14-9(7-18)4-3-5-10(11)14/h3-6,8H,1-2H3. The van der Waals surface area contributed by atoms with Gasteiger partial charge in [-0.2, -0.15) is 10.4 Å². The van der Waals surface area contributed by atoms with Crippen molar-refractivity contribution in [1.82, 2.24) is 14.8 Å². The number of nitrogens with zero attached hydrogens (tertiary/aromatic N) is 4. The molecular weight excluding hydrogens is 316 g/mol. The number of halogens is 1. The predicted octanol–water partition coefficient (Wildman–Crippen LogP) is 2.95. The minimum atomic E-state index is -0.582. The van der Waals surface area contributed by atoms with Crippen LogP contribution in [-0.4, -0.2) is 27.8 Å². The highest BCUT2D eigenvalue weighted by Crippen LogP contribution is 2.34. The summed E-state index contributed by atoms with van der Waals surface area (Å²) in [6.07, 6.45) is 1.61. The molecule has 0 saturated carbocycles. The van der Waals surface area contributed by atoms with Gasteiger partial charge in [-0.3, -0.25) is 4.68 Å². The van der Waals surface area contributed by atoms with Crippen LogP contribution in [0.4, 0.5) is 0 Å². The summed E-state index contributed by atoms with van der Waals surface area (Å²) in [4.78, 5) is 16.2. The van der Waals surface area contributed by atoms with E-state index < -0.39 is 5.97 Å². The number of para-hydroxylation sites is 1. The first-order chi connectivity index (χ1) is 11.1. The van der Waals surface area contributed by atoms with Gasteiger partial charge in [-0.1, -0.05) is 23.7 Å². The zero-order chi connectivity index (χ0) is 16.6. The lowest BCUT2D eigenvalue weighted by Crippen LogP contribution is -2.05. The maximum atomic E-state index is 11.9. The van der Waals surface area contributed by atoms with Gasteiger partial charge < -0.3 is 4.74 Å². The monoisotopic (exact) mass is 326 g/mol. The van der Waals surface area contributed by atoms with Crippen LogP contribution in [0.1, 0.15) is 16.1 Å². The minimum absolute atomic E-state index is 0.109. The van der Waals surface area contributed by atoms with E-state index in [1.54, 1.807) is 31.4 Å². The second-order valence-electron chi connectivity index (χ2n) is 4.83. The molecule has 0 radical (unpaired) electrons. The smallest absolute Gasteiger partial charge is 0.356 e. The number of aromatic nitrogens is 3. The Balaban J connectivity index is 2.42. The van der Waals surface area contributed by atoms with Gasteiger partial charge in [-0.25, -0.2) is 9.78 Å². The summed E-state index contributed by atoms with van der Waals surface area (Å²) in [6, 6.07) is 8.90. The van der Waals surface area contributed by atoms with Gasteiger partial charge >= 0.3 is 5.97 Å². The fourth-order valence-electron chi connectivity index (χ4n) is 2.37. The van der Waals surface area contributed by atoms with E-state index in [1.165, 1.54) is 11.8 Å². The summed E-state index contributed by atoms with van der Waals surface area (Å²) in [6.45, 7) is 0. The second kappa shape index (κ2) is 5.71. The maximum Gasteiger partial charge on any atom is 0.356 e. The molecule has 0 unspecified atom stereocenters. The van der Waals surface area contributed by atoms with E-state index in [-0.39, 0.29) is 5.69 Å². The Morgan fingerprint density at radius 1 is 1.39 bits per heavy atom. The van der Waals surface area contributed by atoms with Gasteiger partial charge in [0.15, 0.2) is 0 Å². The lowest BCUT2D eigenvalue weighted by Gasteiger charge is -2.09. The number of rotatable bonds is 2. The van der Waals surface area contributed by atoms with Gasteiger partial charge in [-0.15, -0.1) is 0 Å². The topological polar surface area (TPSA) is 80.8 Å². The molecule has 0 atom stereocenters. The Kier molecular flexibility index (Phi) is 3.72. The maximum absolute atomic E-state index is 11.9. The van der Waals surface area contributed by atoms with Gasteiger partial charge in [0.05, 0.1) is 24.4 Å². The summed E-state index contributed by atoms with van der Waals surface area (Å²) in [5.41, 5.74) is 2.23. The van der Waals surface area contributed by atoms with Crippen LogP contribution >= 0.6 is 11.6 Å². The summed E-state index contributed by atoms with van der Waals surface area (Å²) in [7, 11) is 3.00. The molecule has 7 heteroatoms. The largest absolute Gasteiger partial charge is 0.464 e. The third-order valence-corrected chi connectivity index (χ3v) is 3.96. The number of aryl methyl sites for hydroxylation is 1. The first-order valence-electron chi connectivity index (χ1n) is 6.67. The van der Waals surface area contributed by atoms with Crippen molar-refractivity contribution in [2.24, 2.45) is 7.05 Å². The number of methoxy groups -OCH3 is 1. The molecule has 2 aromatic heterocycles. The molecule has 0 N–H and O–H groups in total. The number of hydrogen-bond acceptors (Lipinski definition) is 5. The molecule has 3 aromatic rings. The first kappa shape index (κ1) is 15.0. The number of pyridine rings is 1. The van der Waals surface area contributed by atoms with Gasteiger partial charge in [0.2, 0.25) is 0 Å². The first-order valence-corrected chi connectivity index (χ1v) is 7.04. The number of esters is 1. The number of hydrogen-bond donors (Lipinski definition) is 0. The molecule has 114 valence electrons. The summed E-state index contributed by atoms with van der Waals surface area (Å²) in [5, 5.41) is 14.6.